The zero-order valence-corrected chi connectivity index (χ0v) is 8.04. The maximum absolute atomic E-state index is 5.86. The second-order valence-electron chi connectivity index (χ2n) is 2.05. The number of nitrogens with one attached hydrogen (secondary N) is 1. The first-order chi connectivity index (χ1) is 5.79. The van der Waals surface area contributed by atoms with Crippen molar-refractivity contribution in [3.8, 4) is 10.7 Å². The van der Waals surface area contributed by atoms with E-state index in [1.54, 1.807) is 12.4 Å². The Morgan fingerprint density at radius 1 is 1.42 bits per heavy atom. The molecule has 62 valence electrons. The summed E-state index contributed by atoms with van der Waals surface area (Å²) in [6, 6.07) is 0. The fourth-order valence-electron chi connectivity index (χ4n) is 0.796. The normalized spacial score (nSPS) is 10.5. The summed E-state index contributed by atoms with van der Waals surface area (Å²) in [5.74, 6) is 0.699. The van der Waals surface area contributed by atoms with Gasteiger partial charge in [0, 0.05) is 12.4 Å². The lowest BCUT2D eigenvalue weighted by molar-refractivity contribution is 1.33. The first-order valence-electron chi connectivity index (χ1n) is 3.09. The molecule has 0 radical (unpaired) electrons. The molecule has 0 aliphatic heterocycles. The molecule has 0 atom stereocenters. The van der Waals surface area contributed by atoms with Crippen molar-refractivity contribution < 1.29 is 0 Å². The highest BCUT2D eigenvalue weighted by Crippen LogP contribution is 2.34. The number of H-pyrrole nitrogens is 1. The molecule has 0 bridgehead atoms. The Morgan fingerprint density at radius 3 is 2.75 bits per heavy atom. The van der Waals surface area contributed by atoms with Crippen LogP contribution in [0.1, 0.15) is 0 Å². The molecule has 2 aromatic rings. The molecule has 0 aliphatic rings. The first-order valence-corrected chi connectivity index (χ1v) is 4.62. The molecular weight excluding hydrogens is 217 g/mol. The van der Waals surface area contributed by atoms with Gasteiger partial charge < -0.3 is 4.98 Å². The Balaban J connectivity index is 2.55. The van der Waals surface area contributed by atoms with E-state index in [-0.39, 0.29) is 0 Å². The summed E-state index contributed by atoms with van der Waals surface area (Å²) in [6.07, 6.45) is 3.37. The number of hydrogen-bond acceptors (Lipinski definition) is 3. The Bertz CT molecular complexity index is 381. The smallest absolute Gasteiger partial charge is 0.162 e. The number of aromatic nitrogens is 3. The van der Waals surface area contributed by atoms with Gasteiger partial charge >= 0.3 is 0 Å². The molecule has 0 aromatic carbocycles. The van der Waals surface area contributed by atoms with Crippen molar-refractivity contribution in [2.24, 2.45) is 0 Å². The highest BCUT2D eigenvalue weighted by molar-refractivity contribution is 7.10. The largest absolute Gasteiger partial charge is 0.344 e. The van der Waals surface area contributed by atoms with E-state index >= 15 is 0 Å². The maximum Gasteiger partial charge on any atom is 0.162 e. The van der Waals surface area contributed by atoms with Gasteiger partial charge in [0.2, 0.25) is 0 Å². The quantitative estimate of drug-likeness (QED) is 0.802. The molecule has 2 rings (SSSR count). The second-order valence-corrected chi connectivity index (χ2v) is 3.56. The van der Waals surface area contributed by atoms with E-state index in [0.29, 0.717) is 16.0 Å². The van der Waals surface area contributed by atoms with Gasteiger partial charge in [0.05, 0.1) is 0 Å². The molecule has 0 unspecified atom stereocenters. The lowest BCUT2D eigenvalue weighted by Gasteiger charge is -1.88. The Hall–Kier alpha value is -0.580. The number of imidazole rings is 1. The molecular formula is C6H3Cl2N3S. The molecule has 12 heavy (non-hydrogen) atoms. The van der Waals surface area contributed by atoms with Crippen LogP contribution < -0.4 is 0 Å². The van der Waals surface area contributed by atoms with Gasteiger partial charge in [-0.2, -0.15) is 4.37 Å². The lowest BCUT2D eigenvalue weighted by Crippen LogP contribution is -1.74. The average molecular weight is 220 g/mol. The molecule has 6 heteroatoms. The molecule has 2 aromatic heterocycles. The van der Waals surface area contributed by atoms with Crippen molar-refractivity contribution in [3.05, 3.63) is 22.6 Å². The van der Waals surface area contributed by atoms with E-state index in [2.05, 4.69) is 14.3 Å². The standard InChI is InChI=1S/C6H3Cl2N3S/c7-3-4(12-11-5(3)8)6-9-1-2-10-6/h1-2H,(H,9,10). The van der Waals surface area contributed by atoms with Gasteiger partial charge in [0.1, 0.15) is 9.90 Å². The van der Waals surface area contributed by atoms with Crippen LogP contribution in [0.15, 0.2) is 12.4 Å². The topological polar surface area (TPSA) is 41.6 Å². The Morgan fingerprint density at radius 2 is 2.25 bits per heavy atom. The van der Waals surface area contributed by atoms with Crippen molar-refractivity contribution >= 4 is 34.7 Å². The summed E-state index contributed by atoms with van der Waals surface area (Å²) < 4.78 is 3.89. The minimum absolute atomic E-state index is 0.327. The van der Waals surface area contributed by atoms with Crippen molar-refractivity contribution in [2.45, 2.75) is 0 Å². The molecule has 0 aliphatic carbocycles. The summed E-state index contributed by atoms with van der Waals surface area (Å²) >= 11 is 12.8. The third-order valence-electron chi connectivity index (χ3n) is 1.31. The lowest BCUT2D eigenvalue weighted by atomic mass is 10.5. The van der Waals surface area contributed by atoms with Crippen LogP contribution in [0.3, 0.4) is 0 Å². The summed E-state index contributed by atoms with van der Waals surface area (Å²) in [6.45, 7) is 0. The van der Waals surface area contributed by atoms with E-state index in [1.807, 2.05) is 0 Å². The van der Waals surface area contributed by atoms with Crippen LogP contribution in [-0.2, 0) is 0 Å². The van der Waals surface area contributed by atoms with E-state index in [4.69, 9.17) is 23.2 Å². The SMILES string of the molecule is Clc1nsc(-c2ncc[nH]2)c1Cl. The van der Waals surface area contributed by atoms with Gasteiger partial charge in [-0.15, -0.1) is 0 Å². The molecule has 2 heterocycles. The molecule has 0 saturated heterocycles. The van der Waals surface area contributed by atoms with E-state index < -0.39 is 0 Å². The maximum atomic E-state index is 5.86. The van der Waals surface area contributed by atoms with Crippen LogP contribution in [-0.4, -0.2) is 14.3 Å². The third kappa shape index (κ3) is 1.22. The molecule has 0 saturated carbocycles. The number of hydrogen-bond donors (Lipinski definition) is 1. The van der Waals surface area contributed by atoms with Gasteiger partial charge in [0.25, 0.3) is 0 Å². The molecule has 3 nitrogen and oxygen atoms in total. The van der Waals surface area contributed by atoms with Crippen LogP contribution in [0.4, 0.5) is 0 Å². The fraction of sp³-hybridized carbons (Fsp3) is 0. The van der Waals surface area contributed by atoms with Crippen molar-refractivity contribution in [1.29, 1.82) is 0 Å². The molecule has 0 amide bonds. The van der Waals surface area contributed by atoms with Gasteiger partial charge in [-0.1, -0.05) is 23.2 Å². The minimum Gasteiger partial charge on any atom is -0.344 e. The van der Waals surface area contributed by atoms with Crippen LogP contribution in [0.25, 0.3) is 10.7 Å². The molecule has 0 fully saturated rings. The average Bonchev–Trinajstić information content (AvgIpc) is 2.64. The summed E-state index contributed by atoms with van der Waals surface area (Å²) in [4.78, 5) is 7.73. The van der Waals surface area contributed by atoms with E-state index in [0.717, 1.165) is 4.88 Å². The Labute approximate surface area is 82.5 Å². The van der Waals surface area contributed by atoms with Gasteiger partial charge in [0.15, 0.2) is 11.0 Å². The third-order valence-corrected chi connectivity index (χ3v) is 3.12. The number of rotatable bonds is 1. The number of aromatic amines is 1. The van der Waals surface area contributed by atoms with Crippen LogP contribution in [0.2, 0.25) is 10.2 Å². The van der Waals surface area contributed by atoms with Crippen molar-refractivity contribution in [3.63, 3.8) is 0 Å². The van der Waals surface area contributed by atoms with Crippen LogP contribution in [0.5, 0.6) is 0 Å². The van der Waals surface area contributed by atoms with Crippen LogP contribution in [0, 0.1) is 0 Å². The van der Waals surface area contributed by atoms with Gasteiger partial charge in [-0.25, -0.2) is 4.98 Å². The predicted octanol–water partition coefficient (Wildman–Crippen LogP) is 2.84. The highest BCUT2D eigenvalue weighted by Gasteiger charge is 2.12. The van der Waals surface area contributed by atoms with Gasteiger partial charge in [-0.3, -0.25) is 0 Å². The number of halogens is 2. The zero-order chi connectivity index (χ0) is 8.55. The fourth-order valence-corrected chi connectivity index (χ4v) is 1.97. The van der Waals surface area contributed by atoms with E-state index in [1.165, 1.54) is 11.5 Å². The second kappa shape index (κ2) is 3.05. The summed E-state index contributed by atoms with van der Waals surface area (Å²) in [5.41, 5.74) is 0. The Kier molecular flexibility index (Phi) is 2.04. The van der Waals surface area contributed by atoms with E-state index in [9.17, 15) is 0 Å². The minimum atomic E-state index is 0.327. The van der Waals surface area contributed by atoms with Crippen molar-refractivity contribution in [2.75, 3.05) is 0 Å². The highest BCUT2D eigenvalue weighted by atomic mass is 35.5. The first kappa shape index (κ1) is 8.04. The predicted molar refractivity (Wildman–Crippen MR) is 49.7 cm³/mol. The summed E-state index contributed by atoms with van der Waals surface area (Å²) in [7, 11) is 0. The summed E-state index contributed by atoms with van der Waals surface area (Å²) in [5, 5.41) is 0.782. The van der Waals surface area contributed by atoms with Crippen molar-refractivity contribution in [1.82, 2.24) is 14.3 Å². The molecule has 0 spiro atoms. The zero-order valence-electron chi connectivity index (χ0n) is 5.71. The molecule has 1 N–H and O–H groups in total. The van der Waals surface area contributed by atoms with Crippen LogP contribution >= 0.6 is 34.7 Å². The van der Waals surface area contributed by atoms with Gasteiger partial charge in [-0.05, 0) is 11.5 Å². The number of nitrogens with zero attached hydrogens (tertiary/aromatic N) is 2. The monoisotopic (exact) mass is 219 g/mol.